The molecule has 114 valence electrons. The molecule has 0 aliphatic carbocycles. The Morgan fingerprint density at radius 2 is 2.18 bits per heavy atom. The first-order valence-corrected chi connectivity index (χ1v) is 6.43. The number of hydrogen-bond acceptors (Lipinski definition) is 4. The molecular weight excluding hydrogens is 288 g/mol. The van der Waals surface area contributed by atoms with Crippen LogP contribution >= 0.6 is 0 Å². The summed E-state index contributed by atoms with van der Waals surface area (Å²) in [5.74, 6) is 4.94. The van der Waals surface area contributed by atoms with Crippen molar-refractivity contribution in [2.75, 3.05) is 0 Å². The van der Waals surface area contributed by atoms with E-state index in [0.717, 1.165) is 0 Å². The van der Waals surface area contributed by atoms with Crippen molar-refractivity contribution in [3.05, 3.63) is 32.7 Å². The number of fused-ring (bicyclic) bond motifs is 1. The van der Waals surface area contributed by atoms with Gasteiger partial charge in [-0.15, -0.1) is 5.92 Å². The SMILES string of the molecule is CC#CCn1c(C=CCC(=O)O)nc2c1c(=O)[nH]c(=O)n2C. The van der Waals surface area contributed by atoms with Crippen LogP contribution in [0.15, 0.2) is 15.7 Å². The molecule has 0 saturated carbocycles. The summed E-state index contributed by atoms with van der Waals surface area (Å²) in [5, 5.41) is 8.67. The molecule has 0 aliphatic heterocycles. The number of aliphatic carboxylic acids is 1. The van der Waals surface area contributed by atoms with E-state index in [0.29, 0.717) is 5.82 Å². The number of imidazole rings is 1. The molecule has 2 rings (SSSR count). The molecule has 0 bridgehead atoms. The number of aromatic amines is 1. The van der Waals surface area contributed by atoms with Crippen LogP contribution in [-0.4, -0.2) is 30.2 Å². The van der Waals surface area contributed by atoms with Crippen LogP contribution in [0.4, 0.5) is 0 Å². The molecule has 0 atom stereocenters. The predicted molar refractivity (Wildman–Crippen MR) is 80.3 cm³/mol. The number of nitrogens with zero attached hydrogens (tertiary/aromatic N) is 3. The van der Waals surface area contributed by atoms with Crippen molar-refractivity contribution in [2.45, 2.75) is 19.9 Å². The summed E-state index contributed by atoms with van der Waals surface area (Å²) in [5.41, 5.74) is -0.673. The standard InChI is InChI=1S/C14H14N4O4/c1-3-4-8-18-9(6-5-7-10(19)20)15-12-11(18)13(21)16-14(22)17(12)2/h5-6H,7-8H2,1-2H3,(H,19,20)(H,16,21,22). The van der Waals surface area contributed by atoms with E-state index in [2.05, 4.69) is 21.8 Å². The molecule has 2 heterocycles. The number of carboxylic acid groups (broad SMARTS) is 1. The van der Waals surface area contributed by atoms with Crippen molar-refractivity contribution in [2.24, 2.45) is 7.05 Å². The number of aromatic nitrogens is 4. The van der Waals surface area contributed by atoms with Crippen LogP contribution in [0.2, 0.25) is 0 Å². The largest absolute Gasteiger partial charge is 0.481 e. The van der Waals surface area contributed by atoms with E-state index in [-0.39, 0.29) is 24.1 Å². The molecule has 0 radical (unpaired) electrons. The van der Waals surface area contributed by atoms with Gasteiger partial charge in [0, 0.05) is 7.05 Å². The molecule has 8 heteroatoms. The van der Waals surface area contributed by atoms with Crippen LogP contribution in [0.5, 0.6) is 0 Å². The van der Waals surface area contributed by atoms with Gasteiger partial charge in [0.2, 0.25) is 0 Å². The number of nitrogens with one attached hydrogen (secondary N) is 1. The highest BCUT2D eigenvalue weighted by atomic mass is 16.4. The molecule has 0 aromatic carbocycles. The molecule has 0 spiro atoms. The molecule has 0 aliphatic rings. The van der Waals surface area contributed by atoms with Crippen LogP contribution < -0.4 is 11.2 Å². The average molecular weight is 302 g/mol. The van der Waals surface area contributed by atoms with E-state index in [9.17, 15) is 14.4 Å². The minimum atomic E-state index is -0.975. The van der Waals surface area contributed by atoms with E-state index < -0.39 is 17.2 Å². The molecule has 2 aromatic rings. The van der Waals surface area contributed by atoms with Gasteiger partial charge in [0.1, 0.15) is 5.82 Å². The van der Waals surface area contributed by atoms with Crippen LogP contribution in [0, 0.1) is 11.8 Å². The van der Waals surface area contributed by atoms with Crippen LogP contribution in [0.1, 0.15) is 19.2 Å². The quantitative estimate of drug-likeness (QED) is 0.768. The van der Waals surface area contributed by atoms with E-state index in [1.807, 2.05) is 0 Å². The van der Waals surface area contributed by atoms with Crippen molar-refractivity contribution in [3.63, 3.8) is 0 Å². The Balaban J connectivity index is 2.71. The van der Waals surface area contributed by atoms with Gasteiger partial charge in [-0.25, -0.2) is 9.78 Å². The number of rotatable bonds is 4. The maximum absolute atomic E-state index is 12.0. The van der Waals surface area contributed by atoms with Crippen molar-refractivity contribution < 1.29 is 9.90 Å². The van der Waals surface area contributed by atoms with Gasteiger partial charge >= 0.3 is 11.7 Å². The summed E-state index contributed by atoms with van der Waals surface area (Å²) in [6.07, 6.45) is 2.75. The lowest BCUT2D eigenvalue weighted by Gasteiger charge is -2.01. The molecule has 0 unspecified atom stereocenters. The normalized spacial score (nSPS) is 10.8. The molecule has 2 aromatic heterocycles. The van der Waals surface area contributed by atoms with Crippen molar-refractivity contribution in [3.8, 4) is 11.8 Å². The first kappa shape index (κ1) is 15.3. The van der Waals surface area contributed by atoms with E-state index in [1.54, 1.807) is 11.5 Å². The van der Waals surface area contributed by atoms with E-state index in [1.165, 1.54) is 23.8 Å². The lowest BCUT2D eigenvalue weighted by Crippen LogP contribution is -2.29. The Bertz CT molecular complexity index is 934. The van der Waals surface area contributed by atoms with Crippen molar-refractivity contribution >= 4 is 23.2 Å². The predicted octanol–water partition coefficient (Wildman–Crippen LogP) is -0.0655. The minimum absolute atomic E-state index is 0.169. The lowest BCUT2D eigenvalue weighted by atomic mass is 10.3. The second-order valence-corrected chi connectivity index (χ2v) is 4.47. The minimum Gasteiger partial charge on any atom is -0.481 e. The third-order valence-electron chi connectivity index (χ3n) is 3.01. The number of aryl methyl sites for hydroxylation is 1. The summed E-state index contributed by atoms with van der Waals surface area (Å²) < 4.78 is 2.77. The zero-order valence-electron chi connectivity index (χ0n) is 12.1. The Labute approximate surface area is 124 Å². The van der Waals surface area contributed by atoms with Gasteiger partial charge in [0.25, 0.3) is 5.56 Å². The molecular formula is C14H14N4O4. The second-order valence-electron chi connectivity index (χ2n) is 4.47. The summed E-state index contributed by atoms with van der Waals surface area (Å²) in [7, 11) is 1.49. The van der Waals surface area contributed by atoms with Gasteiger partial charge < -0.3 is 9.67 Å². The Hall–Kier alpha value is -3.08. The van der Waals surface area contributed by atoms with Crippen LogP contribution in [0.25, 0.3) is 17.2 Å². The van der Waals surface area contributed by atoms with Gasteiger partial charge in [0.15, 0.2) is 11.2 Å². The fourth-order valence-electron chi connectivity index (χ4n) is 1.96. The Morgan fingerprint density at radius 3 is 2.82 bits per heavy atom. The smallest absolute Gasteiger partial charge is 0.329 e. The lowest BCUT2D eigenvalue weighted by molar-refractivity contribution is -0.135. The summed E-state index contributed by atoms with van der Waals surface area (Å²) in [6, 6.07) is 0. The molecule has 8 nitrogen and oxygen atoms in total. The highest BCUT2D eigenvalue weighted by molar-refractivity contribution is 5.74. The van der Waals surface area contributed by atoms with Gasteiger partial charge in [-0.1, -0.05) is 12.0 Å². The first-order chi connectivity index (χ1) is 10.5. The first-order valence-electron chi connectivity index (χ1n) is 6.43. The third kappa shape index (κ3) is 2.83. The van der Waals surface area contributed by atoms with Gasteiger partial charge in [0.05, 0.1) is 13.0 Å². The molecule has 0 saturated heterocycles. The van der Waals surface area contributed by atoms with Gasteiger partial charge in [-0.2, -0.15) is 0 Å². The van der Waals surface area contributed by atoms with E-state index in [4.69, 9.17) is 5.11 Å². The molecule has 22 heavy (non-hydrogen) atoms. The van der Waals surface area contributed by atoms with Crippen LogP contribution in [-0.2, 0) is 18.4 Å². The molecule has 0 amide bonds. The molecule has 2 N–H and O–H groups in total. The third-order valence-corrected chi connectivity index (χ3v) is 3.01. The van der Waals surface area contributed by atoms with E-state index >= 15 is 0 Å². The van der Waals surface area contributed by atoms with Crippen molar-refractivity contribution in [1.29, 1.82) is 0 Å². The molecule has 0 fully saturated rings. The maximum Gasteiger partial charge on any atom is 0.329 e. The zero-order chi connectivity index (χ0) is 16.3. The number of hydrogen-bond donors (Lipinski definition) is 2. The monoisotopic (exact) mass is 302 g/mol. The summed E-state index contributed by atoms with van der Waals surface area (Å²) in [4.78, 5) is 40.7. The number of carboxylic acids is 1. The topological polar surface area (TPSA) is 110 Å². The number of carbonyl (C=O) groups is 1. The summed E-state index contributed by atoms with van der Waals surface area (Å²) >= 11 is 0. The summed E-state index contributed by atoms with van der Waals surface area (Å²) in [6.45, 7) is 1.88. The average Bonchev–Trinajstić information content (AvgIpc) is 2.81. The van der Waals surface area contributed by atoms with Crippen molar-refractivity contribution in [1.82, 2.24) is 19.1 Å². The second kappa shape index (κ2) is 6.13. The maximum atomic E-state index is 12.0. The van der Waals surface area contributed by atoms with Gasteiger partial charge in [-0.05, 0) is 13.0 Å². The highest BCUT2D eigenvalue weighted by Crippen LogP contribution is 2.12. The Kier molecular flexibility index (Phi) is 4.27. The Morgan fingerprint density at radius 1 is 1.45 bits per heavy atom. The van der Waals surface area contributed by atoms with Crippen LogP contribution in [0.3, 0.4) is 0 Å². The number of H-pyrrole nitrogens is 1. The highest BCUT2D eigenvalue weighted by Gasteiger charge is 2.15. The van der Waals surface area contributed by atoms with Gasteiger partial charge in [-0.3, -0.25) is 19.1 Å². The fourth-order valence-corrected chi connectivity index (χ4v) is 1.96. The zero-order valence-corrected chi connectivity index (χ0v) is 12.1. The fraction of sp³-hybridized carbons (Fsp3) is 0.286.